The van der Waals surface area contributed by atoms with Gasteiger partial charge in [0.1, 0.15) is 12.1 Å². The fourth-order valence-corrected chi connectivity index (χ4v) is 3.91. The normalized spacial score (nSPS) is 15.6. The number of nitrogens with zero attached hydrogens (tertiary/aromatic N) is 3. The maximum Gasteiger partial charge on any atom is 0.251 e. The van der Waals surface area contributed by atoms with Crippen LogP contribution in [0.5, 0.6) is 0 Å². The third-order valence-corrected chi connectivity index (χ3v) is 5.36. The Morgan fingerprint density at radius 3 is 2.70 bits per heavy atom. The minimum Gasteiger partial charge on any atom is -0.349 e. The predicted octanol–water partition coefficient (Wildman–Crippen LogP) is 3.80. The number of carbonyl (C=O) groups excluding carboxylic acids is 1. The minimum absolute atomic E-state index is 0.0356. The van der Waals surface area contributed by atoms with Crippen molar-refractivity contribution in [3.8, 4) is 5.82 Å². The molecule has 1 atom stereocenters. The SMILES string of the molecule is O=C(NC(Cc1ccccc1)C1CCCC1)c1ccnc(-n2ccnc2)c1. The van der Waals surface area contributed by atoms with Gasteiger partial charge in [-0.2, -0.15) is 0 Å². The Morgan fingerprint density at radius 1 is 1.15 bits per heavy atom. The Labute approximate surface area is 159 Å². The molecule has 1 aliphatic carbocycles. The van der Waals surface area contributed by atoms with Crippen molar-refractivity contribution in [1.29, 1.82) is 0 Å². The lowest BCUT2D eigenvalue weighted by molar-refractivity contribution is 0.0922. The van der Waals surface area contributed by atoms with E-state index in [1.165, 1.54) is 31.2 Å². The van der Waals surface area contributed by atoms with Gasteiger partial charge in [-0.3, -0.25) is 9.36 Å². The van der Waals surface area contributed by atoms with E-state index in [-0.39, 0.29) is 11.9 Å². The highest BCUT2D eigenvalue weighted by molar-refractivity contribution is 5.94. The quantitative estimate of drug-likeness (QED) is 0.727. The number of amides is 1. The van der Waals surface area contributed by atoms with Crippen molar-refractivity contribution in [2.45, 2.75) is 38.1 Å². The van der Waals surface area contributed by atoms with Crippen molar-refractivity contribution in [3.05, 3.63) is 78.5 Å². The van der Waals surface area contributed by atoms with E-state index in [0.717, 1.165) is 6.42 Å². The molecule has 1 amide bonds. The van der Waals surface area contributed by atoms with Gasteiger partial charge < -0.3 is 5.32 Å². The van der Waals surface area contributed by atoms with Crippen LogP contribution < -0.4 is 5.32 Å². The molecule has 2 heterocycles. The summed E-state index contributed by atoms with van der Waals surface area (Å²) in [5, 5.41) is 3.30. The number of nitrogens with one attached hydrogen (secondary N) is 1. The van der Waals surface area contributed by atoms with Crippen LogP contribution in [0.3, 0.4) is 0 Å². The van der Waals surface area contributed by atoms with Gasteiger partial charge in [-0.05, 0) is 42.9 Å². The monoisotopic (exact) mass is 360 g/mol. The molecule has 5 heteroatoms. The Morgan fingerprint density at radius 2 is 1.96 bits per heavy atom. The van der Waals surface area contributed by atoms with Crippen molar-refractivity contribution < 1.29 is 4.79 Å². The summed E-state index contributed by atoms with van der Waals surface area (Å²) in [7, 11) is 0. The Hall–Kier alpha value is -2.95. The van der Waals surface area contributed by atoms with Gasteiger partial charge in [0.15, 0.2) is 0 Å². The largest absolute Gasteiger partial charge is 0.349 e. The number of hydrogen-bond donors (Lipinski definition) is 1. The number of hydrogen-bond acceptors (Lipinski definition) is 3. The highest BCUT2D eigenvalue weighted by Crippen LogP contribution is 2.29. The smallest absolute Gasteiger partial charge is 0.251 e. The van der Waals surface area contributed by atoms with E-state index < -0.39 is 0 Å². The van der Waals surface area contributed by atoms with Gasteiger partial charge >= 0.3 is 0 Å². The lowest BCUT2D eigenvalue weighted by atomic mass is 9.92. The molecule has 1 fully saturated rings. The van der Waals surface area contributed by atoms with E-state index in [0.29, 0.717) is 17.3 Å². The molecule has 1 N–H and O–H groups in total. The average molecular weight is 360 g/mol. The third-order valence-electron chi connectivity index (χ3n) is 5.36. The molecule has 138 valence electrons. The van der Waals surface area contributed by atoms with Crippen molar-refractivity contribution in [2.75, 3.05) is 0 Å². The second-order valence-electron chi connectivity index (χ2n) is 7.19. The molecule has 1 saturated carbocycles. The number of aromatic nitrogens is 3. The van der Waals surface area contributed by atoms with Crippen molar-refractivity contribution in [2.24, 2.45) is 5.92 Å². The Kier molecular flexibility index (Phi) is 5.28. The van der Waals surface area contributed by atoms with Crippen LogP contribution in [0, 0.1) is 5.92 Å². The van der Waals surface area contributed by atoms with E-state index >= 15 is 0 Å². The summed E-state index contributed by atoms with van der Waals surface area (Å²) in [5.41, 5.74) is 1.90. The summed E-state index contributed by atoms with van der Waals surface area (Å²) in [5.74, 6) is 1.20. The van der Waals surface area contributed by atoms with Crippen molar-refractivity contribution in [1.82, 2.24) is 19.9 Å². The topological polar surface area (TPSA) is 59.8 Å². The molecule has 27 heavy (non-hydrogen) atoms. The summed E-state index contributed by atoms with van der Waals surface area (Å²) in [6.07, 6.45) is 12.6. The number of benzene rings is 1. The molecule has 0 bridgehead atoms. The molecular weight excluding hydrogens is 336 g/mol. The maximum atomic E-state index is 13.0. The fourth-order valence-electron chi connectivity index (χ4n) is 3.91. The standard InChI is InChI=1S/C22H24N4O/c27-22(19-10-11-24-21(15-19)26-13-12-23-16-26)25-20(18-8-4-5-9-18)14-17-6-2-1-3-7-17/h1-3,6-7,10-13,15-16,18,20H,4-5,8-9,14H2,(H,25,27). The first-order valence-corrected chi connectivity index (χ1v) is 9.59. The summed E-state index contributed by atoms with van der Waals surface area (Å²) >= 11 is 0. The van der Waals surface area contributed by atoms with Crippen LogP contribution in [0.15, 0.2) is 67.4 Å². The third kappa shape index (κ3) is 4.25. The molecule has 0 spiro atoms. The summed E-state index contributed by atoms with van der Waals surface area (Å²) < 4.78 is 1.80. The molecule has 1 unspecified atom stereocenters. The lowest BCUT2D eigenvalue weighted by Crippen LogP contribution is -2.41. The molecule has 1 aromatic carbocycles. The van der Waals surface area contributed by atoms with Crippen LogP contribution in [-0.2, 0) is 6.42 Å². The summed E-state index contributed by atoms with van der Waals surface area (Å²) in [6, 6.07) is 14.2. The molecule has 5 nitrogen and oxygen atoms in total. The maximum absolute atomic E-state index is 13.0. The molecule has 4 rings (SSSR count). The fraction of sp³-hybridized carbons (Fsp3) is 0.318. The average Bonchev–Trinajstić information content (AvgIpc) is 3.42. The summed E-state index contributed by atoms with van der Waals surface area (Å²) in [6.45, 7) is 0. The first-order valence-electron chi connectivity index (χ1n) is 9.59. The van der Waals surface area contributed by atoms with E-state index in [2.05, 4.69) is 39.6 Å². The first kappa shape index (κ1) is 17.5. The molecule has 2 aromatic heterocycles. The molecule has 0 aliphatic heterocycles. The van der Waals surface area contributed by atoms with Crippen LogP contribution in [0.4, 0.5) is 0 Å². The van der Waals surface area contributed by atoms with Crippen LogP contribution in [-0.4, -0.2) is 26.5 Å². The number of pyridine rings is 1. The van der Waals surface area contributed by atoms with Crippen molar-refractivity contribution in [3.63, 3.8) is 0 Å². The van der Waals surface area contributed by atoms with E-state index in [4.69, 9.17) is 0 Å². The van der Waals surface area contributed by atoms with Crippen LogP contribution >= 0.6 is 0 Å². The van der Waals surface area contributed by atoms with Crippen LogP contribution in [0.2, 0.25) is 0 Å². The number of carbonyl (C=O) groups is 1. The van der Waals surface area contributed by atoms with Gasteiger partial charge in [0.25, 0.3) is 5.91 Å². The highest BCUT2D eigenvalue weighted by Gasteiger charge is 2.27. The zero-order valence-corrected chi connectivity index (χ0v) is 15.3. The minimum atomic E-state index is -0.0356. The number of rotatable bonds is 6. The van der Waals surface area contributed by atoms with Crippen LogP contribution in [0.25, 0.3) is 5.82 Å². The molecule has 0 saturated heterocycles. The van der Waals surface area contributed by atoms with E-state index in [1.807, 2.05) is 18.3 Å². The van der Waals surface area contributed by atoms with Gasteiger partial charge in [0.2, 0.25) is 0 Å². The molecule has 1 aliphatic rings. The predicted molar refractivity (Wildman–Crippen MR) is 105 cm³/mol. The second kappa shape index (κ2) is 8.16. The zero-order chi connectivity index (χ0) is 18.5. The van der Waals surface area contributed by atoms with E-state index in [9.17, 15) is 4.79 Å². The van der Waals surface area contributed by atoms with Gasteiger partial charge in [-0.15, -0.1) is 0 Å². The van der Waals surface area contributed by atoms with Gasteiger partial charge in [-0.1, -0.05) is 43.2 Å². The lowest BCUT2D eigenvalue weighted by Gasteiger charge is -2.25. The van der Waals surface area contributed by atoms with Crippen LogP contribution in [0.1, 0.15) is 41.6 Å². The Bertz CT molecular complexity index is 870. The highest BCUT2D eigenvalue weighted by atomic mass is 16.1. The summed E-state index contributed by atoms with van der Waals surface area (Å²) in [4.78, 5) is 21.3. The molecular formula is C22H24N4O. The first-order chi connectivity index (χ1) is 13.3. The van der Waals surface area contributed by atoms with Crippen molar-refractivity contribution >= 4 is 5.91 Å². The number of imidazole rings is 1. The van der Waals surface area contributed by atoms with Gasteiger partial charge in [0.05, 0.1) is 0 Å². The van der Waals surface area contributed by atoms with E-state index in [1.54, 1.807) is 29.4 Å². The van der Waals surface area contributed by atoms with Gasteiger partial charge in [0, 0.05) is 30.2 Å². The molecule has 0 radical (unpaired) electrons. The zero-order valence-electron chi connectivity index (χ0n) is 15.3. The van der Waals surface area contributed by atoms with Gasteiger partial charge in [-0.25, -0.2) is 9.97 Å². The second-order valence-corrected chi connectivity index (χ2v) is 7.19. The molecule has 3 aromatic rings. The Balaban J connectivity index is 1.52.